The summed E-state index contributed by atoms with van der Waals surface area (Å²) in [5, 5.41) is 3.28. The van der Waals surface area contributed by atoms with Gasteiger partial charge in [-0.25, -0.2) is 0 Å². The van der Waals surface area contributed by atoms with Crippen LogP contribution in [0.3, 0.4) is 0 Å². The Hall–Kier alpha value is 0.170. The van der Waals surface area contributed by atoms with E-state index in [1.54, 1.807) is 0 Å². The highest BCUT2D eigenvalue weighted by Crippen LogP contribution is 2.20. The molecule has 4 heteroatoms. The molecule has 0 aromatic rings. The predicted octanol–water partition coefficient (Wildman–Crippen LogP) is 1.38. The van der Waals surface area contributed by atoms with Gasteiger partial charge >= 0.3 is 0 Å². The van der Waals surface area contributed by atoms with E-state index >= 15 is 0 Å². The molecule has 2 heterocycles. The lowest BCUT2D eigenvalue weighted by atomic mass is 10.0. The Morgan fingerprint density at radius 1 is 1.31 bits per heavy atom. The number of nitrogens with one attached hydrogen (secondary N) is 1. The minimum absolute atomic E-state index is 0. The van der Waals surface area contributed by atoms with Gasteiger partial charge in [-0.3, -0.25) is 0 Å². The van der Waals surface area contributed by atoms with Crippen molar-refractivity contribution in [1.29, 1.82) is 0 Å². The summed E-state index contributed by atoms with van der Waals surface area (Å²) >= 11 is 0. The fourth-order valence-corrected chi connectivity index (χ4v) is 2.85. The van der Waals surface area contributed by atoms with Crippen LogP contribution in [0.4, 0.5) is 0 Å². The smallest absolute Gasteiger partial charge is 0.0506 e. The van der Waals surface area contributed by atoms with Crippen molar-refractivity contribution in [2.24, 2.45) is 11.8 Å². The molecule has 0 radical (unpaired) electrons. The summed E-state index contributed by atoms with van der Waals surface area (Å²) in [4.78, 5) is 2.63. The summed E-state index contributed by atoms with van der Waals surface area (Å²) in [6, 6.07) is 0. The first-order valence-electron chi connectivity index (χ1n) is 6.33. The van der Waals surface area contributed by atoms with Gasteiger partial charge in [0.15, 0.2) is 0 Å². The van der Waals surface area contributed by atoms with Crippen molar-refractivity contribution >= 4 is 12.4 Å². The van der Waals surface area contributed by atoms with E-state index in [0.29, 0.717) is 0 Å². The van der Waals surface area contributed by atoms with Gasteiger partial charge in [0.2, 0.25) is 0 Å². The maximum absolute atomic E-state index is 5.53. The molecule has 2 aliphatic heterocycles. The first kappa shape index (κ1) is 14.2. The van der Waals surface area contributed by atoms with E-state index in [9.17, 15) is 0 Å². The molecule has 0 spiro atoms. The number of hydrogen-bond donors (Lipinski definition) is 1. The third-order valence-electron chi connectivity index (χ3n) is 3.63. The Labute approximate surface area is 105 Å². The predicted molar refractivity (Wildman–Crippen MR) is 69.3 cm³/mol. The van der Waals surface area contributed by atoms with Crippen LogP contribution in [0, 0.1) is 11.8 Å². The van der Waals surface area contributed by atoms with E-state index in [1.807, 2.05) is 0 Å². The van der Waals surface area contributed by atoms with Crippen LogP contribution in [0.5, 0.6) is 0 Å². The molecule has 96 valence electrons. The van der Waals surface area contributed by atoms with Crippen molar-refractivity contribution in [3.8, 4) is 0 Å². The van der Waals surface area contributed by atoms with Gasteiger partial charge in [-0.1, -0.05) is 0 Å². The Morgan fingerprint density at radius 3 is 2.88 bits per heavy atom. The number of nitrogens with zero attached hydrogens (tertiary/aromatic N) is 1. The van der Waals surface area contributed by atoms with Crippen molar-refractivity contribution in [1.82, 2.24) is 10.2 Å². The summed E-state index contributed by atoms with van der Waals surface area (Å²) in [6.45, 7) is 7.00. The zero-order chi connectivity index (χ0) is 10.5. The monoisotopic (exact) mass is 248 g/mol. The average molecular weight is 249 g/mol. The van der Waals surface area contributed by atoms with Gasteiger partial charge < -0.3 is 15.0 Å². The number of ether oxygens (including phenoxy) is 1. The van der Waals surface area contributed by atoms with Gasteiger partial charge in [0.25, 0.3) is 0 Å². The first-order valence-corrected chi connectivity index (χ1v) is 6.33. The molecule has 2 rings (SSSR count). The van der Waals surface area contributed by atoms with E-state index in [4.69, 9.17) is 4.74 Å². The van der Waals surface area contributed by atoms with E-state index in [2.05, 4.69) is 17.3 Å². The molecular weight excluding hydrogens is 224 g/mol. The van der Waals surface area contributed by atoms with Crippen LogP contribution >= 0.6 is 12.4 Å². The van der Waals surface area contributed by atoms with E-state index in [-0.39, 0.29) is 12.4 Å². The van der Waals surface area contributed by atoms with Crippen LogP contribution in [0.15, 0.2) is 0 Å². The van der Waals surface area contributed by atoms with Crippen molar-refractivity contribution in [3.05, 3.63) is 0 Å². The molecule has 2 unspecified atom stereocenters. The average Bonchev–Trinajstić information content (AvgIpc) is 2.68. The van der Waals surface area contributed by atoms with Crippen LogP contribution in [0.2, 0.25) is 0 Å². The van der Waals surface area contributed by atoms with Gasteiger partial charge in [-0.05, 0) is 51.2 Å². The molecular formula is C12H25ClN2O. The minimum Gasteiger partial charge on any atom is -0.381 e. The molecule has 0 saturated carbocycles. The lowest BCUT2D eigenvalue weighted by molar-refractivity contribution is 0.0413. The molecule has 0 amide bonds. The Bertz CT molecular complexity index is 186. The van der Waals surface area contributed by atoms with Crippen molar-refractivity contribution in [2.75, 3.05) is 46.4 Å². The molecule has 2 fully saturated rings. The first-order chi connectivity index (χ1) is 7.38. The largest absolute Gasteiger partial charge is 0.381 e. The quantitative estimate of drug-likeness (QED) is 0.814. The normalized spacial score (nSPS) is 31.3. The van der Waals surface area contributed by atoms with Crippen molar-refractivity contribution in [3.63, 3.8) is 0 Å². The summed E-state index contributed by atoms with van der Waals surface area (Å²) in [7, 11) is 2.05. The third kappa shape index (κ3) is 4.21. The summed E-state index contributed by atoms with van der Waals surface area (Å²) in [5.41, 5.74) is 0. The van der Waals surface area contributed by atoms with Gasteiger partial charge in [0, 0.05) is 19.7 Å². The third-order valence-corrected chi connectivity index (χ3v) is 3.63. The summed E-state index contributed by atoms with van der Waals surface area (Å²) < 4.78 is 5.53. The number of hydrogen-bond acceptors (Lipinski definition) is 3. The molecule has 0 aliphatic carbocycles. The summed E-state index contributed by atoms with van der Waals surface area (Å²) in [5.74, 6) is 1.67. The molecule has 3 nitrogen and oxygen atoms in total. The zero-order valence-corrected chi connectivity index (χ0v) is 11.1. The van der Waals surface area contributed by atoms with E-state index < -0.39 is 0 Å². The van der Waals surface area contributed by atoms with Crippen LogP contribution in [-0.4, -0.2) is 51.3 Å². The molecule has 16 heavy (non-hydrogen) atoms. The Kier molecular flexibility index (Phi) is 6.66. The van der Waals surface area contributed by atoms with Gasteiger partial charge in [-0.15, -0.1) is 12.4 Å². The summed E-state index contributed by atoms with van der Waals surface area (Å²) in [6.07, 6.45) is 4.00. The van der Waals surface area contributed by atoms with Crippen LogP contribution < -0.4 is 5.32 Å². The molecule has 2 saturated heterocycles. The second-order valence-corrected chi connectivity index (χ2v) is 5.06. The molecule has 0 aromatic heterocycles. The van der Waals surface area contributed by atoms with E-state index in [0.717, 1.165) is 25.0 Å². The topological polar surface area (TPSA) is 24.5 Å². The standard InChI is InChI=1S/C12H24N2O.ClH/c1-13-7-11-4-5-14(8-11)9-12-3-2-6-15-10-12;/h11-13H,2-10H2,1H3;1H. The highest BCUT2D eigenvalue weighted by atomic mass is 35.5. The number of halogens is 1. The molecule has 1 N–H and O–H groups in total. The van der Waals surface area contributed by atoms with Crippen molar-refractivity contribution in [2.45, 2.75) is 19.3 Å². The maximum Gasteiger partial charge on any atom is 0.0506 e. The maximum atomic E-state index is 5.53. The molecule has 0 bridgehead atoms. The van der Waals surface area contributed by atoms with Crippen molar-refractivity contribution < 1.29 is 4.74 Å². The van der Waals surface area contributed by atoms with Crippen LogP contribution in [-0.2, 0) is 4.74 Å². The van der Waals surface area contributed by atoms with Gasteiger partial charge in [0.05, 0.1) is 6.61 Å². The molecule has 2 atom stereocenters. The number of rotatable bonds is 4. The van der Waals surface area contributed by atoms with Gasteiger partial charge in [-0.2, -0.15) is 0 Å². The van der Waals surface area contributed by atoms with Gasteiger partial charge in [0.1, 0.15) is 0 Å². The second-order valence-electron chi connectivity index (χ2n) is 5.06. The zero-order valence-electron chi connectivity index (χ0n) is 10.3. The Morgan fingerprint density at radius 2 is 2.19 bits per heavy atom. The lowest BCUT2D eigenvalue weighted by Crippen LogP contribution is -2.32. The highest BCUT2D eigenvalue weighted by Gasteiger charge is 2.24. The Balaban J connectivity index is 0.00000128. The lowest BCUT2D eigenvalue weighted by Gasteiger charge is -2.26. The molecule has 2 aliphatic rings. The minimum atomic E-state index is 0. The highest BCUT2D eigenvalue weighted by molar-refractivity contribution is 5.85. The number of likely N-dealkylation sites (tertiary alicyclic amines) is 1. The fraction of sp³-hybridized carbons (Fsp3) is 1.00. The molecule has 0 aromatic carbocycles. The van der Waals surface area contributed by atoms with Crippen LogP contribution in [0.1, 0.15) is 19.3 Å². The van der Waals surface area contributed by atoms with E-state index in [1.165, 1.54) is 45.4 Å². The fourth-order valence-electron chi connectivity index (χ4n) is 2.85. The van der Waals surface area contributed by atoms with Crippen LogP contribution in [0.25, 0.3) is 0 Å². The SMILES string of the molecule is CNCC1CCN(CC2CCCOC2)C1.Cl. The second kappa shape index (κ2) is 7.49.